The zero-order chi connectivity index (χ0) is 19.4. The van der Waals surface area contributed by atoms with Gasteiger partial charge in [0, 0.05) is 0 Å². The summed E-state index contributed by atoms with van der Waals surface area (Å²) in [5.74, 6) is 0.849. The molecule has 134 valence electrons. The molecule has 0 saturated heterocycles. The van der Waals surface area contributed by atoms with Crippen molar-refractivity contribution in [2.75, 3.05) is 12.9 Å². The van der Waals surface area contributed by atoms with Crippen molar-refractivity contribution in [3.8, 4) is 11.6 Å². The van der Waals surface area contributed by atoms with E-state index in [1.807, 2.05) is 0 Å². The van der Waals surface area contributed by atoms with Crippen molar-refractivity contribution >= 4 is 17.8 Å². The molecular weight excluding hydrogens is 335 g/mol. The molecule has 25 heavy (non-hydrogen) atoms. The number of amides is 1. The van der Waals surface area contributed by atoms with Crippen molar-refractivity contribution in [3.63, 3.8) is 0 Å². The molecule has 3 aromatic rings. The maximum absolute atomic E-state index is 11.0. The van der Waals surface area contributed by atoms with E-state index >= 15 is 0 Å². The Bertz CT molecular complexity index is 784. The SMILES string of the molecule is NC(N)=NNC(=O)c1ccco1.Nc1n[nH]c(-c2ccco2)n1.[2H]CF. The highest BCUT2D eigenvalue weighted by Gasteiger charge is 2.06. The van der Waals surface area contributed by atoms with Gasteiger partial charge in [-0.05, 0) is 24.3 Å². The molecule has 3 rings (SSSR count). The Balaban J connectivity index is 0.000000227. The van der Waals surface area contributed by atoms with E-state index in [4.69, 9.17) is 27.4 Å². The first-order chi connectivity index (χ1) is 12.5. The highest BCUT2D eigenvalue weighted by Crippen LogP contribution is 2.14. The number of H-pyrrole nitrogens is 1. The van der Waals surface area contributed by atoms with Crippen molar-refractivity contribution < 1.29 is 19.4 Å². The summed E-state index contributed by atoms with van der Waals surface area (Å²) in [6.45, 7) is 0. The molecule has 0 radical (unpaired) electrons. The number of hydrogen-bond donors (Lipinski definition) is 5. The second kappa shape index (κ2) is 10.0. The molecule has 3 heterocycles. The van der Waals surface area contributed by atoms with E-state index in [0.717, 1.165) is 0 Å². The summed E-state index contributed by atoms with van der Waals surface area (Å²) >= 11 is 0. The van der Waals surface area contributed by atoms with Gasteiger partial charge < -0.3 is 26.0 Å². The van der Waals surface area contributed by atoms with Gasteiger partial charge in [-0.1, -0.05) is 0 Å². The fraction of sp³-hybridized carbons (Fsp3) is 0.0769. The molecule has 0 fully saturated rings. The molecule has 1 amide bonds. The van der Waals surface area contributed by atoms with E-state index in [-0.39, 0.29) is 17.7 Å². The van der Waals surface area contributed by atoms with Gasteiger partial charge in [0.2, 0.25) is 11.9 Å². The number of nitrogens with two attached hydrogens (primary N) is 3. The zero-order valence-corrected chi connectivity index (χ0v) is 12.8. The summed E-state index contributed by atoms with van der Waals surface area (Å²) in [4.78, 5) is 14.9. The predicted octanol–water partition coefficient (Wildman–Crippen LogP) is 0.430. The lowest BCUT2D eigenvalue weighted by Gasteiger charge is -1.94. The summed E-state index contributed by atoms with van der Waals surface area (Å²) in [5.41, 5.74) is 17.3. The normalized spacial score (nSPS) is 9.56. The molecule has 0 bridgehead atoms. The third kappa shape index (κ3) is 6.43. The van der Waals surface area contributed by atoms with E-state index in [9.17, 15) is 9.18 Å². The van der Waals surface area contributed by atoms with Gasteiger partial charge in [0.1, 0.15) is 0 Å². The smallest absolute Gasteiger partial charge is 0.307 e. The van der Waals surface area contributed by atoms with Crippen LogP contribution in [0.1, 0.15) is 11.9 Å². The summed E-state index contributed by atoms with van der Waals surface area (Å²) in [5, 5.41) is 9.58. The molecule has 0 saturated carbocycles. The Morgan fingerprint density at radius 2 is 2.04 bits per heavy atom. The second-order valence-corrected chi connectivity index (χ2v) is 3.97. The standard InChI is InChI=1S/C6H8N4O2.C6H6N4O.CH3F/c7-6(8)10-9-5(11)4-2-1-3-12-4;7-6-8-5(9-10-6)4-2-1-3-11-4;1-2/h1-3H,(H,9,11)(H4,7,8,10);1-3H,(H3,7,8,9,10);1H3/i;;1D. The molecule has 3 aromatic heterocycles. The summed E-state index contributed by atoms with van der Waals surface area (Å²) in [6.07, 6.45) is 2.94. The topological polar surface area (TPSA) is 187 Å². The summed E-state index contributed by atoms with van der Waals surface area (Å²) in [7, 11) is -1.00. The van der Waals surface area contributed by atoms with Gasteiger partial charge in [0.25, 0.3) is 0 Å². The van der Waals surface area contributed by atoms with Crippen molar-refractivity contribution in [2.24, 2.45) is 16.6 Å². The van der Waals surface area contributed by atoms with E-state index in [1.165, 1.54) is 12.3 Å². The number of aromatic amines is 1. The van der Waals surface area contributed by atoms with Gasteiger partial charge in [-0.2, -0.15) is 4.98 Å². The Morgan fingerprint density at radius 3 is 2.52 bits per heavy atom. The van der Waals surface area contributed by atoms with Crippen LogP contribution < -0.4 is 22.6 Å². The first-order valence-electron chi connectivity index (χ1n) is 7.18. The number of furan rings is 2. The third-order valence-electron chi connectivity index (χ3n) is 2.29. The van der Waals surface area contributed by atoms with Crippen molar-refractivity contribution in [1.29, 1.82) is 0 Å². The Kier molecular flexibility index (Phi) is 7.04. The molecule has 8 N–H and O–H groups in total. The monoisotopic (exact) mass is 353 g/mol. The molecule has 0 spiro atoms. The van der Waals surface area contributed by atoms with Gasteiger partial charge in [0.15, 0.2) is 17.3 Å². The van der Waals surface area contributed by atoms with Crippen molar-refractivity contribution in [3.05, 3.63) is 42.6 Å². The van der Waals surface area contributed by atoms with E-state index in [2.05, 4.69) is 25.7 Å². The number of aromatic nitrogens is 3. The fourth-order valence-corrected chi connectivity index (χ4v) is 1.38. The average Bonchev–Trinajstić information content (AvgIpc) is 3.35. The maximum Gasteiger partial charge on any atom is 0.307 e. The number of nitrogens with one attached hydrogen (secondary N) is 2. The molecule has 11 nitrogen and oxygen atoms in total. The lowest BCUT2D eigenvalue weighted by Crippen LogP contribution is -2.28. The summed E-state index contributed by atoms with van der Waals surface area (Å²) in [6, 6.07) is 6.63. The van der Waals surface area contributed by atoms with Crippen LogP contribution in [0, 0.1) is 0 Å². The van der Waals surface area contributed by atoms with Crippen LogP contribution in [0.4, 0.5) is 10.3 Å². The largest absolute Gasteiger partial charge is 0.461 e. The predicted molar refractivity (Wildman–Crippen MR) is 87.5 cm³/mol. The maximum atomic E-state index is 11.0. The fourth-order valence-electron chi connectivity index (χ4n) is 1.38. The highest BCUT2D eigenvalue weighted by atomic mass is 19.1. The van der Waals surface area contributed by atoms with Crippen LogP contribution in [-0.4, -0.2) is 34.2 Å². The molecule has 0 aliphatic carbocycles. The lowest BCUT2D eigenvalue weighted by molar-refractivity contribution is 0.0927. The number of halogens is 1. The van der Waals surface area contributed by atoms with E-state index < -0.39 is 13.1 Å². The van der Waals surface area contributed by atoms with Crippen LogP contribution >= 0.6 is 0 Å². The molecular formula is C13H17FN8O3. The summed E-state index contributed by atoms with van der Waals surface area (Å²) < 4.78 is 25.3. The number of nitrogens with zero attached hydrogens (tertiary/aromatic N) is 3. The number of hydrogen-bond acceptors (Lipinski definition) is 7. The zero-order valence-electron chi connectivity index (χ0n) is 13.8. The van der Waals surface area contributed by atoms with Gasteiger partial charge in [-0.3, -0.25) is 14.3 Å². The number of carbonyl (C=O) groups is 1. The van der Waals surface area contributed by atoms with Crippen molar-refractivity contribution in [1.82, 2.24) is 20.6 Å². The number of anilines is 1. The van der Waals surface area contributed by atoms with Crippen LogP contribution in [0.15, 0.2) is 50.7 Å². The molecule has 0 unspecified atom stereocenters. The lowest BCUT2D eigenvalue weighted by atomic mass is 10.4. The number of carbonyl (C=O) groups excluding carboxylic acids is 1. The molecule has 0 aliphatic heterocycles. The third-order valence-corrected chi connectivity index (χ3v) is 2.29. The Morgan fingerprint density at radius 1 is 1.36 bits per heavy atom. The molecule has 0 aromatic carbocycles. The average molecular weight is 353 g/mol. The quantitative estimate of drug-likeness (QED) is 0.254. The van der Waals surface area contributed by atoms with Gasteiger partial charge in [-0.15, -0.1) is 10.2 Å². The van der Waals surface area contributed by atoms with Crippen LogP contribution in [0.25, 0.3) is 11.6 Å². The molecule has 0 aliphatic rings. The highest BCUT2D eigenvalue weighted by molar-refractivity contribution is 5.92. The Labute approximate surface area is 142 Å². The van der Waals surface area contributed by atoms with Crippen LogP contribution in [0.3, 0.4) is 0 Å². The van der Waals surface area contributed by atoms with Gasteiger partial charge in [0.05, 0.1) is 21.1 Å². The number of alkyl halides is 1. The number of guanidine groups is 1. The van der Waals surface area contributed by atoms with E-state index in [1.54, 1.807) is 24.5 Å². The number of nitrogen functional groups attached to an aromatic ring is 1. The molecule has 0 atom stereocenters. The van der Waals surface area contributed by atoms with Crippen LogP contribution in [0.2, 0.25) is 0 Å². The minimum atomic E-state index is -1.00. The van der Waals surface area contributed by atoms with Gasteiger partial charge in [-0.25, -0.2) is 5.43 Å². The van der Waals surface area contributed by atoms with Crippen LogP contribution in [-0.2, 0) is 0 Å². The molecule has 12 heteroatoms. The Hall–Kier alpha value is -3.83. The van der Waals surface area contributed by atoms with Crippen molar-refractivity contribution in [2.45, 2.75) is 0 Å². The minimum absolute atomic E-state index is 0.153. The van der Waals surface area contributed by atoms with Crippen LogP contribution in [0.5, 0.6) is 0 Å². The first-order valence-corrected chi connectivity index (χ1v) is 6.47. The van der Waals surface area contributed by atoms with E-state index in [0.29, 0.717) is 11.6 Å². The first kappa shape index (κ1) is 17.5. The number of hydrazone groups is 1. The minimum Gasteiger partial charge on any atom is -0.461 e. The van der Waals surface area contributed by atoms with Gasteiger partial charge >= 0.3 is 5.91 Å². The second-order valence-electron chi connectivity index (χ2n) is 3.97. The number of rotatable bonds is 3.